The maximum atomic E-state index is 12.2. The predicted octanol–water partition coefficient (Wildman–Crippen LogP) is 2.25. The van der Waals surface area contributed by atoms with E-state index in [0.29, 0.717) is 22.6 Å². The number of carbonyl (C=O) groups is 1. The summed E-state index contributed by atoms with van der Waals surface area (Å²) in [6, 6.07) is 4.44. The van der Waals surface area contributed by atoms with E-state index in [1.54, 1.807) is 0 Å². The molecule has 114 valence electrons. The van der Waals surface area contributed by atoms with Crippen LogP contribution in [0, 0.1) is 0 Å². The van der Waals surface area contributed by atoms with Crippen LogP contribution in [0.3, 0.4) is 0 Å². The number of imidazole rings is 1. The Kier molecular flexibility index (Phi) is 3.01. The number of fused-ring (bicyclic) bond motifs is 1. The van der Waals surface area contributed by atoms with E-state index in [2.05, 4.69) is 19.8 Å². The number of aromatic nitrogens is 4. The number of amides is 1. The molecule has 2 aromatic heterocycles. The molecule has 0 aliphatic carbocycles. The summed E-state index contributed by atoms with van der Waals surface area (Å²) in [5.74, 6) is -0.0722. The van der Waals surface area contributed by atoms with Crippen molar-refractivity contribution in [2.24, 2.45) is 5.73 Å². The smallest absolute Gasteiger partial charge is 0.406 e. The average Bonchev–Trinajstić information content (AvgIpc) is 3.02. The molecule has 0 fully saturated rings. The summed E-state index contributed by atoms with van der Waals surface area (Å²) < 4.78 is 41.3. The van der Waals surface area contributed by atoms with Gasteiger partial charge < -0.3 is 15.5 Å². The first-order valence-corrected chi connectivity index (χ1v) is 5.93. The Hall–Kier alpha value is -3.04. The summed E-state index contributed by atoms with van der Waals surface area (Å²) in [5.41, 5.74) is 6.16. The lowest BCUT2D eigenvalue weighted by atomic mass is 10.3. The van der Waals surface area contributed by atoms with Gasteiger partial charge >= 0.3 is 12.4 Å². The lowest BCUT2D eigenvalue weighted by Crippen LogP contribution is -2.19. The number of alkyl halides is 3. The van der Waals surface area contributed by atoms with Crippen LogP contribution in [0.1, 0.15) is 0 Å². The standard InChI is InChI=1S/C12H8F3N5O2/c13-12(14,15)22-6-1-2-7-9(5-6)18-10(17-7)8-3-4-20(19-8)11(16)21/h1-5H,(H2,16,21)(H,17,18). The number of H-pyrrole nitrogens is 1. The van der Waals surface area contributed by atoms with E-state index in [1.807, 2.05) is 0 Å². The van der Waals surface area contributed by atoms with Gasteiger partial charge in [0.15, 0.2) is 5.82 Å². The predicted molar refractivity (Wildman–Crippen MR) is 69.0 cm³/mol. The molecule has 0 bridgehead atoms. The Morgan fingerprint density at radius 3 is 2.73 bits per heavy atom. The van der Waals surface area contributed by atoms with Crippen molar-refractivity contribution in [3.05, 3.63) is 30.5 Å². The van der Waals surface area contributed by atoms with Crippen LogP contribution in [0.5, 0.6) is 5.75 Å². The SMILES string of the molecule is NC(=O)n1ccc(-c2nc3ccc(OC(F)(F)F)cc3[nH]2)n1. The highest BCUT2D eigenvalue weighted by Gasteiger charge is 2.31. The molecule has 0 saturated heterocycles. The van der Waals surface area contributed by atoms with Gasteiger partial charge in [0.2, 0.25) is 0 Å². The molecule has 0 unspecified atom stereocenters. The molecular weight excluding hydrogens is 303 g/mol. The molecule has 10 heteroatoms. The average molecular weight is 311 g/mol. The van der Waals surface area contributed by atoms with Gasteiger partial charge in [0.1, 0.15) is 11.4 Å². The van der Waals surface area contributed by atoms with Crippen LogP contribution in [-0.2, 0) is 0 Å². The van der Waals surface area contributed by atoms with E-state index < -0.39 is 12.4 Å². The first-order chi connectivity index (χ1) is 10.3. The molecule has 2 heterocycles. The number of hydrogen-bond acceptors (Lipinski definition) is 4. The van der Waals surface area contributed by atoms with Crippen molar-refractivity contribution in [3.63, 3.8) is 0 Å². The zero-order valence-electron chi connectivity index (χ0n) is 10.8. The third-order valence-corrected chi connectivity index (χ3v) is 2.74. The highest BCUT2D eigenvalue weighted by molar-refractivity contribution is 5.80. The van der Waals surface area contributed by atoms with Crippen molar-refractivity contribution in [2.75, 3.05) is 0 Å². The van der Waals surface area contributed by atoms with Crippen molar-refractivity contribution in [1.29, 1.82) is 0 Å². The maximum Gasteiger partial charge on any atom is 0.573 e. The molecule has 0 aliphatic rings. The fourth-order valence-corrected chi connectivity index (χ4v) is 1.88. The summed E-state index contributed by atoms with van der Waals surface area (Å²) in [4.78, 5) is 17.9. The van der Waals surface area contributed by atoms with Crippen molar-refractivity contribution < 1.29 is 22.7 Å². The first-order valence-electron chi connectivity index (χ1n) is 5.93. The third kappa shape index (κ3) is 2.71. The molecule has 3 rings (SSSR count). The molecule has 1 amide bonds. The second-order valence-electron chi connectivity index (χ2n) is 4.30. The van der Waals surface area contributed by atoms with Gasteiger partial charge in [0, 0.05) is 12.3 Å². The number of benzene rings is 1. The van der Waals surface area contributed by atoms with E-state index in [9.17, 15) is 18.0 Å². The quantitative estimate of drug-likeness (QED) is 0.758. The van der Waals surface area contributed by atoms with Crippen LogP contribution in [-0.4, -0.2) is 32.1 Å². The number of nitrogens with two attached hydrogens (primary N) is 1. The highest BCUT2D eigenvalue weighted by atomic mass is 19.4. The van der Waals surface area contributed by atoms with Gasteiger partial charge in [0.25, 0.3) is 0 Å². The van der Waals surface area contributed by atoms with E-state index in [0.717, 1.165) is 10.7 Å². The number of hydrogen-bond donors (Lipinski definition) is 2. The van der Waals surface area contributed by atoms with Crippen LogP contribution in [0.25, 0.3) is 22.6 Å². The Bertz CT molecular complexity index is 852. The number of nitrogens with one attached hydrogen (secondary N) is 1. The van der Waals surface area contributed by atoms with Crippen molar-refractivity contribution in [1.82, 2.24) is 19.7 Å². The largest absolute Gasteiger partial charge is 0.573 e. The summed E-state index contributed by atoms with van der Waals surface area (Å²) in [6.07, 6.45) is -3.42. The highest BCUT2D eigenvalue weighted by Crippen LogP contribution is 2.27. The molecular formula is C12H8F3N5O2. The molecule has 0 atom stereocenters. The number of nitrogens with zero attached hydrogens (tertiary/aromatic N) is 3. The van der Waals surface area contributed by atoms with Crippen LogP contribution in [0.4, 0.5) is 18.0 Å². The Morgan fingerprint density at radius 2 is 2.09 bits per heavy atom. The number of halogens is 3. The number of ether oxygens (including phenoxy) is 1. The summed E-state index contributed by atoms with van der Waals surface area (Å²) in [5, 5.41) is 3.89. The van der Waals surface area contributed by atoms with Crippen molar-refractivity contribution in [2.45, 2.75) is 6.36 Å². The topological polar surface area (TPSA) is 98.8 Å². The number of primary amides is 1. The minimum atomic E-state index is -4.77. The lowest BCUT2D eigenvalue weighted by molar-refractivity contribution is -0.274. The minimum Gasteiger partial charge on any atom is -0.406 e. The van der Waals surface area contributed by atoms with Crippen LogP contribution in [0.2, 0.25) is 0 Å². The van der Waals surface area contributed by atoms with Crippen molar-refractivity contribution in [3.8, 4) is 17.3 Å². The van der Waals surface area contributed by atoms with E-state index in [4.69, 9.17) is 5.73 Å². The molecule has 0 radical (unpaired) electrons. The third-order valence-electron chi connectivity index (χ3n) is 2.74. The van der Waals surface area contributed by atoms with Gasteiger partial charge in [-0.1, -0.05) is 0 Å². The maximum absolute atomic E-state index is 12.2. The fourth-order valence-electron chi connectivity index (χ4n) is 1.88. The zero-order valence-corrected chi connectivity index (χ0v) is 10.8. The van der Waals surface area contributed by atoms with E-state index in [-0.39, 0.29) is 5.75 Å². The normalized spacial score (nSPS) is 11.8. The fraction of sp³-hybridized carbons (Fsp3) is 0.0833. The second kappa shape index (κ2) is 4.76. The summed E-state index contributed by atoms with van der Waals surface area (Å²) in [7, 11) is 0. The number of aromatic amines is 1. The Labute approximate surface area is 120 Å². The molecule has 0 saturated carbocycles. The van der Waals surface area contributed by atoms with Gasteiger partial charge in [0.05, 0.1) is 11.0 Å². The Morgan fingerprint density at radius 1 is 1.32 bits per heavy atom. The number of rotatable bonds is 2. The molecule has 1 aromatic carbocycles. The van der Waals surface area contributed by atoms with E-state index >= 15 is 0 Å². The zero-order chi connectivity index (χ0) is 15.9. The lowest BCUT2D eigenvalue weighted by Gasteiger charge is -2.07. The molecule has 0 spiro atoms. The van der Waals surface area contributed by atoms with Gasteiger partial charge in [-0.05, 0) is 18.2 Å². The van der Waals surface area contributed by atoms with Crippen LogP contribution < -0.4 is 10.5 Å². The van der Waals surface area contributed by atoms with Gasteiger partial charge in [-0.2, -0.15) is 9.78 Å². The second-order valence-corrected chi connectivity index (χ2v) is 4.30. The van der Waals surface area contributed by atoms with Crippen molar-refractivity contribution >= 4 is 17.1 Å². The van der Waals surface area contributed by atoms with Gasteiger partial charge in [-0.25, -0.2) is 9.78 Å². The first kappa shape index (κ1) is 13.9. The molecule has 0 aliphatic heterocycles. The molecule has 22 heavy (non-hydrogen) atoms. The summed E-state index contributed by atoms with van der Waals surface area (Å²) in [6.45, 7) is 0. The summed E-state index contributed by atoms with van der Waals surface area (Å²) >= 11 is 0. The van der Waals surface area contributed by atoms with Crippen LogP contribution >= 0.6 is 0 Å². The number of carbonyl (C=O) groups excluding carboxylic acids is 1. The Balaban J connectivity index is 1.96. The monoisotopic (exact) mass is 311 g/mol. The minimum absolute atomic E-state index is 0.291. The molecule has 3 aromatic rings. The molecule has 7 nitrogen and oxygen atoms in total. The van der Waals surface area contributed by atoms with Crippen LogP contribution in [0.15, 0.2) is 30.5 Å². The molecule has 3 N–H and O–H groups in total. The van der Waals surface area contributed by atoms with Gasteiger partial charge in [-0.3, -0.25) is 0 Å². The van der Waals surface area contributed by atoms with E-state index in [1.165, 1.54) is 24.4 Å². The van der Waals surface area contributed by atoms with Gasteiger partial charge in [-0.15, -0.1) is 13.2 Å².